The number of hydrogen-bond acceptors (Lipinski definition) is 5. The van der Waals surface area contributed by atoms with Crippen LogP contribution in [0.4, 0.5) is 0 Å². The molecule has 1 unspecified atom stereocenters. The van der Waals surface area contributed by atoms with E-state index in [1.807, 2.05) is 24.3 Å². The van der Waals surface area contributed by atoms with E-state index in [-0.39, 0.29) is 6.04 Å². The molecule has 0 saturated carbocycles. The molecule has 1 aliphatic heterocycles. The number of nitrogens with one attached hydrogen (secondary N) is 1. The first kappa shape index (κ1) is 13.9. The van der Waals surface area contributed by atoms with Crippen LogP contribution in [0.5, 0.6) is 11.5 Å². The number of fused-ring (bicyclic) bond motifs is 1. The normalized spacial score (nSPS) is 15.1. The summed E-state index contributed by atoms with van der Waals surface area (Å²) in [5.74, 6) is 7.34. The maximum absolute atomic E-state index is 5.75. The Bertz CT molecular complexity index is 603. The molecule has 106 valence electrons. The van der Waals surface area contributed by atoms with Gasteiger partial charge in [-0.1, -0.05) is 12.1 Å². The lowest BCUT2D eigenvalue weighted by molar-refractivity contribution is 0.168. The number of benzene rings is 1. The van der Waals surface area contributed by atoms with Crippen LogP contribution in [0.25, 0.3) is 0 Å². The largest absolute Gasteiger partial charge is 0.486 e. The average molecular weight is 355 g/mol. The number of hydrazine groups is 1. The number of para-hydroxylation sites is 1. The predicted molar refractivity (Wildman–Crippen MR) is 83.2 cm³/mol. The van der Waals surface area contributed by atoms with Gasteiger partial charge in [0, 0.05) is 16.9 Å². The number of nitrogens with two attached hydrogens (primary N) is 1. The monoisotopic (exact) mass is 354 g/mol. The van der Waals surface area contributed by atoms with Crippen molar-refractivity contribution >= 4 is 27.3 Å². The summed E-state index contributed by atoms with van der Waals surface area (Å²) in [5, 5.41) is 0. The summed E-state index contributed by atoms with van der Waals surface area (Å²) in [5.41, 5.74) is 3.92. The van der Waals surface area contributed by atoms with Crippen molar-refractivity contribution in [3.63, 3.8) is 0 Å². The Morgan fingerprint density at radius 2 is 2.10 bits per heavy atom. The van der Waals surface area contributed by atoms with Crippen LogP contribution in [-0.4, -0.2) is 13.2 Å². The van der Waals surface area contributed by atoms with Gasteiger partial charge in [-0.3, -0.25) is 11.3 Å². The van der Waals surface area contributed by atoms with Crippen molar-refractivity contribution in [2.75, 3.05) is 13.2 Å². The van der Waals surface area contributed by atoms with E-state index in [4.69, 9.17) is 15.3 Å². The van der Waals surface area contributed by atoms with Gasteiger partial charge in [0.05, 0.1) is 9.83 Å². The number of hydrogen-bond donors (Lipinski definition) is 2. The summed E-state index contributed by atoms with van der Waals surface area (Å²) < 4.78 is 12.5. The third-order valence-corrected chi connectivity index (χ3v) is 4.85. The molecule has 6 heteroatoms. The Hall–Kier alpha value is -1.08. The quantitative estimate of drug-likeness (QED) is 0.654. The summed E-state index contributed by atoms with van der Waals surface area (Å²) in [7, 11) is 0. The first-order valence-corrected chi connectivity index (χ1v) is 7.97. The lowest BCUT2D eigenvalue weighted by Crippen LogP contribution is -2.30. The van der Waals surface area contributed by atoms with E-state index < -0.39 is 0 Å². The number of halogens is 1. The van der Waals surface area contributed by atoms with Crippen molar-refractivity contribution in [1.29, 1.82) is 0 Å². The van der Waals surface area contributed by atoms with Crippen molar-refractivity contribution in [3.8, 4) is 11.5 Å². The Balaban J connectivity index is 1.89. The molecule has 0 saturated heterocycles. The smallest absolute Gasteiger partial charge is 0.166 e. The predicted octanol–water partition coefficient (Wildman–Crippen LogP) is 3.03. The zero-order valence-electron chi connectivity index (χ0n) is 10.8. The van der Waals surface area contributed by atoms with Crippen LogP contribution in [0.15, 0.2) is 34.1 Å². The maximum atomic E-state index is 5.75. The second kappa shape index (κ2) is 6.13. The summed E-state index contributed by atoms with van der Waals surface area (Å²) in [6.45, 7) is 1.17. The minimum absolute atomic E-state index is 0.00259. The van der Waals surface area contributed by atoms with Gasteiger partial charge in [-0.05, 0) is 34.1 Å². The van der Waals surface area contributed by atoms with Gasteiger partial charge in [-0.25, -0.2) is 0 Å². The fourth-order valence-corrected chi connectivity index (χ4v) is 3.82. The summed E-state index contributed by atoms with van der Waals surface area (Å²) in [6.07, 6.45) is 0.812. The van der Waals surface area contributed by atoms with Crippen molar-refractivity contribution in [2.24, 2.45) is 5.84 Å². The van der Waals surface area contributed by atoms with E-state index in [1.54, 1.807) is 11.3 Å². The summed E-state index contributed by atoms with van der Waals surface area (Å²) >= 11 is 5.20. The molecular formula is C14H15BrN2O2S. The fraction of sp³-hybridized carbons (Fsp3) is 0.286. The van der Waals surface area contributed by atoms with E-state index in [9.17, 15) is 0 Å². The van der Waals surface area contributed by atoms with Crippen LogP contribution < -0.4 is 20.7 Å². The van der Waals surface area contributed by atoms with Gasteiger partial charge in [0.15, 0.2) is 11.5 Å². The van der Waals surface area contributed by atoms with Crippen LogP contribution in [0.1, 0.15) is 16.5 Å². The second-order valence-corrected chi connectivity index (χ2v) is 7.05. The molecule has 0 spiro atoms. The molecule has 1 atom stereocenters. The van der Waals surface area contributed by atoms with E-state index in [2.05, 4.69) is 27.4 Å². The molecule has 2 aromatic rings. The fourth-order valence-electron chi connectivity index (χ4n) is 2.29. The molecule has 0 fully saturated rings. The molecule has 0 amide bonds. The van der Waals surface area contributed by atoms with Crippen molar-refractivity contribution < 1.29 is 9.47 Å². The Labute approximate surface area is 130 Å². The molecule has 3 rings (SSSR count). The van der Waals surface area contributed by atoms with E-state index in [0.717, 1.165) is 27.3 Å². The van der Waals surface area contributed by atoms with E-state index >= 15 is 0 Å². The highest BCUT2D eigenvalue weighted by molar-refractivity contribution is 9.11. The Morgan fingerprint density at radius 3 is 2.85 bits per heavy atom. The minimum Gasteiger partial charge on any atom is -0.486 e. The van der Waals surface area contributed by atoms with E-state index in [1.165, 1.54) is 4.88 Å². The molecule has 0 bridgehead atoms. The van der Waals surface area contributed by atoms with Gasteiger partial charge in [0.25, 0.3) is 0 Å². The van der Waals surface area contributed by atoms with Gasteiger partial charge in [-0.15, -0.1) is 11.3 Å². The van der Waals surface area contributed by atoms with Crippen LogP contribution in [-0.2, 0) is 6.42 Å². The minimum atomic E-state index is -0.00259. The van der Waals surface area contributed by atoms with Gasteiger partial charge in [0.2, 0.25) is 0 Å². The Morgan fingerprint density at radius 1 is 1.25 bits per heavy atom. The highest BCUT2D eigenvalue weighted by Gasteiger charge is 2.22. The summed E-state index contributed by atoms with van der Waals surface area (Å²) in [4.78, 5) is 1.26. The highest BCUT2D eigenvalue weighted by atomic mass is 79.9. The molecule has 3 N–H and O–H groups in total. The molecule has 1 aliphatic rings. The lowest BCUT2D eigenvalue weighted by atomic mass is 10.0. The number of ether oxygens (including phenoxy) is 2. The Kier molecular flexibility index (Phi) is 4.26. The van der Waals surface area contributed by atoms with Gasteiger partial charge >= 0.3 is 0 Å². The van der Waals surface area contributed by atoms with Crippen LogP contribution in [0, 0.1) is 0 Å². The molecule has 0 aliphatic carbocycles. The SMILES string of the molecule is NNC(Cc1ccc(Br)s1)c1cccc2c1OCCO2. The highest BCUT2D eigenvalue weighted by Crippen LogP contribution is 2.38. The first-order chi connectivity index (χ1) is 9.78. The van der Waals surface area contributed by atoms with Crippen molar-refractivity contribution in [3.05, 3.63) is 44.6 Å². The third-order valence-electron chi connectivity index (χ3n) is 3.21. The van der Waals surface area contributed by atoms with Gasteiger partial charge < -0.3 is 9.47 Å². The zero-order chi connectivity index (χ0) is 13.9. The van der Waals surface area contributed by atoms with Crippen LogP contribution >= 0.6 is 27.3 Å². The topological polar surface area (TPSA) is 56.5 Å². The lowest BCUT2D eigenvalue weighted by Gasteiger charge is -2.24. The van der Waals surface area contributed by atoms with Crippen molar-refractivity contribution in [2.45, 2.75) is 12.5 Å². The van der Waals surface area contributed by atoms with Gasteiger partial charge in [-0.2, -0.15) is 0 Å². The standard InChI is InChI=1S/C14H15BrN2O2S/c15-13-5-4-9(20-13)8-11(17-16)10-2-1-3-12-14(10)19-7-6-18-12/h1-5,11,17H,6-8,16H2. The molecular weight excluding hydrogens is 340 g/mol. The molecule has 20 heavy (non-hydrogen) atoms. The molecule has 2 heterocycles. The summed E-state index contributed by atoms with van der Waals surface area (Å²) in [6, 6.07) is 10.1. The third kappa shape index (κ3) is 2.83. The van der Waals surface area contributed by atoms with Crippen molar-refractivity contribution in [1.82, 2.24) is 5.43 Å². The van der Waals surface area contributed by atoms with Crippen LogP contribution in [0.3, 0.4) is 0 Å². The number of thiophene rings is 1. The molecule has 0 radical (unpaired) electrons. The average Bonchev–Trinajstić information content (AvgIpc) is 2.89. The molecule has 1 aromatic heterocycles. The number of rotatable bonds is 4. The van der Waals surface area contributed by atoms with Gasteiger partial charge in [0.1, 0.15) is 13.2 Å². The van der Waals surface area contributed by atoms with E-state index in [0.29, 0.717) is 13.2 Å². The zero-order valence-corrected chi connectivity index (χ0v) is 13.2. The maximum Gasteiger partial charge on any atom is 0.166 e. The molecule has 1 aromatic carbocycles. The first-order valence-electron chi connectivity index (χ1n) is 6.37. The second-order valence-electron chi connectivity index (χ2n) is 4.50. The molecule has 4 nitrogen and oxygen atoms in total. The van der Waals surface area contributed by atoms with Crippen LogP contribution in [0.2, 0.25) is 0 Å².